The number of aryl methyl sites for hydroxylation is 3. The minimum atomic E-state index is -0.170. The van der Waals surface area contributed by atoms with Gasteiger partial charge in [-0.25, -0.2) is 4.79 Å². The Balaban J connectivity index is 2.00. The molecule has 20 heavy (non-hydrogen) atoms. The summed E-state index contributed by atoms with van der Waals surface area (Å²) in [6.45, 7) is 4.42. The maximum Gasteiger partial charge on any atom is 0.323 e. The van der Waals surface area contributed by atoms with Gasteiger partial charge in [-0.2, -0.15) is 5.10 Å². The molecule has 1 N–H and O–H groups in total. The summed E-state index contributed by atoms with van der Waals surface area (Å²) in [4.78, 5) is 13.8. The van der Waals surface area contributed by atoms with Crippen molar-refractivity contribution in [3.63, 3.8) is 0 Å². The molecule has 0 atom stereocenters. The number of urea groups is 1. The molecule has 0 radical (unpaired) electrons. The summed E-state index contributed by atoms with van der Waals surface area (Å²) in [5.41, 5.74) is 1.96. The lowest BCUT2D eigenvalue weighted by atomic mass is 10.2. The number of carbonyl (C=O) groups excluding carboxylic acids is 1. The van der Waals surface area contributed by atoms with Crippen molar-refractivity contribution in [2.45, 2.75) is 26.8 Å². The largest absolute Gasteiger partial charge is 0.469 e. The van der Waals surface area contributed by atoms with E-state index in [4.69, 9.17) is 4.42 Å². The second kappa shape index (κ2) is 5.81. The monoisotopic (exact) mass is 276 g/mol. The molecule has 0 saturated carbocycles. The first-order chi connectivity index (χ1) is 9.51. The summed E-state index contributed by atoms with van der Waals surface area (Å²) in [6.07, 6.45) is 2.47. The van der Waals surface area contributed by atoms with Crippen molar-refractivity contribution in [3.05, 3.63) is 35.4 Å². The summed E-state index contributed by atoms with van der Waals surface area (Å²) in [5.74, 6) is 1.53. The maximum absolute atomic E-state index is 12.1. The number of amides is 2. The molecule has 2 aromatic rings. The first kappa shape index (κ1) is 14.2. The van der Waals surface area contributed by atoms with E-state index >= 15 is 0 Å². The van der Waals surface area contributed by atoms with Gasteiger partial charge in [0, 0.05) is 25.7 Å². The lowest BCUT2D eigenvalue weighted by Gasteiger charge is -2.17. The Morgan fingerprint density at radius 3 is 2.85 bits per heavy atom. The molecule has 6 nitrogen and oxygen atoms in total. The van der Waals surface area contributed by atoms with Crippen molar-refractivity contribution >= 4 is 11.8 Å². The lowest BCUT2D eigenvalue weighted by molar-refractivity contribution is 0.220. The molecule has 6 heteroatoms. The number of carbonyl (C=O) groups is 1. The number of aromatic nitrogens is 2. The topological polar surface area (TPSA) is 63.3 Å². The molecule has 0 aromatic carbocycles. The van der Waals surface area contributed by atoms with Gasteiger partial charge in [-0.05, 0) is 19.4 Å². The van der Waals surface area contributed by atoms with E-state index in [9.17, 15) is 4.79 Å². The molecule has 108 valence electrons. The van der Waals surface area contributed by atoms with E-state index < -0.39 is 0 Å². The van der Waals surface area contributed by atoms with Crippen molar-refractivity contribution in [2.24, 2.45) is 7.05 Å². The van der Waals surface area contributed by atoms with Gasteiger partial charge in [0.2, 0.25) is 0 Å². The highest BCUT2D eigenvalue weighted by Gasteiger charge is 2.14. The van der Waals surface area contributed by atoms with Gasteiger partial charge < -0.3 is 9.32 Å². The highest BCUT2D eigenvalue weighted by molar-refractivity contribution is 5.88. The van der Waals surface area contributed by atoms with Crippen molar-refractivity contribution in [3.8, 4) is 0 Å². The van der Waals surface area contributed by atoms with Crippen LogP contribution in [0.15, 0.2) is 22.8 Å². The molecule has 0 fully saturated rings. The zero-order valence-corrected chi connectivity index (χ0v) is 12.3. The van der Waals surface area contributed by atoms with Crippen LogP contribution in [0.25, 0.3) is 0 Å². The SMILES string of the molecule is CCc1cc(NC(=O)N(C)Cc2ccoc2C)n(C)n1. The Morgan fingerprint density at radius 1 is 1.55 bits per heavy atom. The smallest absolute Gasteiger partial charge is 0.323 e. The molecule has 2 amide bonds. The second-order valence-electron chi connectivity index (χ2n) is 4.79. The number of furan rings is 1. The van der Waals surface area contributed by atoms with Crippen LogP contribution in [0, 0.1) is 6.92 Å². The van der Waals surface area contributed by atoms with Crippen LogP contribution in [0.2, 0.25) is 0 Å². The third-order valence-corrected chi connectivity index (χ3v) is 3.25. The zero-order valence-electron chi connectivity index (χ0n) is 12.3. The van der Waals surface area contributed by atoms with Crippen LogP contribution in [0.3, 0.4) is 0 Å². The Kier molecular flexibility index (Phi) is 4.12. The summed E-state index contributed by atoms with van der Waals surface area (Å²) in [5, 5.41) is 7.15. The molecule has 0 unspecified atom stereocenters. The molecule has 0 bridgehead atoms. The van der Waals surface area contributed by atoms with Crippen LogP contribution < -0.4 is 5.32 Å². The van der Waals surface area contributed by atoms with Gasteiger partial charge in [0.05, 0.1) is 18.5 Å². The number of hydrogen-bond acceptors (Lipinski definition) is 3. The predicted molar refractivity (Wildman–Crippen MR) is 76.5 cm³/mol. The average molecular weight is 276 g/mol. The first-order valence-electron chi connectivity index (χ1n) is 6.59. The molecule has 0 aliphatic rings. The van der Waals surface area contributed by atoms with Crippen LogP contribution >= 0.6 is 0 Å². The number of nitrogens with one attached hydrogen (secondary N) is 1. The van der Waals surface area contributed by atoms with E-state index in [1.807, 2.05) is 33.0 Å². The average Bonchev–Trinajstić information content (AvgIpc) is 2.97. The van der Waals surface area contributed by atoms with Gasteiger partial charge >= 0.3 is 6.03 Å². The van der Waals surface area contributed by atoms with Gasteiger partial charge in [0.25, 0.3) is 0 Å². The van der Waals surface area contributed by atoms with Gasteiger partial charge in [0.15, 0.2) is 0 Å². The van der Waals surface area contributed by atoms with E-state index in [-0.39, 0.29) is 6.03 Å². The van der Waals surface area contributed by atoms with Gasteiger partial charge in [0.1, 0.15) is 11.6 Å². The standard InChI is InChI=1S/C14H20N4O2/c1-5-12-8-13(18(4)16-12)15-14(19)17(3)9-11-6-7-20-10(11)2/h6-8H,5,9H2,1-4H3,(H,15,19). The maximum atomic E-state index is 12.1. The van der Waals surface area contributed by atoms with E-state index in [2.05, 4.69) is 10.4 Å². The molecule has 0 aliphatic heterocycles. The molecule has 2 rings (SSSR count). The van der Waals surface area contributed by atoms with Gasteiger partial charge in [-0.3, -0.25) is 10.00 Å². The highest BCUT2D eigenvalue weighted by Crippen LogP contribution is 2.13. The molecule has 0 aliphatic carbocycles. The molecule has 0 saturated heterocycles. The van der Waals surface area contributed by atoms with Crippen LogP contribution in [0.1, 0.15) is 23.9 Å². The Hall–Kier alpha value is -2.24. The van der Waals surface area contributed by atoms with Crippen molar-refractivity contribution in [1.82, 2.24) is 14.7 Å². The normalized spacial score (nSPS) is 10.6. The first-order valence-corrected chi connectivity index (χ1v) is 6.59. The summed E-state index contributed by atoms with van der Waals surface area (Å²) in [6, 6.07) is 3.59. The minimum absolute atomic E-state index is 0.170. The number of anilines is 1. The summed E-state index contributed by atoms with van der Waals surface area (Å²) >= 11 is 0. The molecular weight excluding hydrogens is 256 g/mol. The molecule has 0 spiro atoms. The van der Waals surface area contributed by atoms with Crippen molar-refractivity contribution < 1.29 is 9.21 Å². The quantitative estimate of drug-likeness (QED) is 0.933. The Bertz CT molecular complexity index is 600. The predicted octanol–water partition coefficient (Wildman–Crippen LogP) is 2.55. The molecule has 2 aromatic heterocycles. The van der Waals surface area contributed by atoms with Crippen LogP contribution in [0.4, 0.5) is 10.6 Å². The highest BCUT2D eigenvalue weighted by atomic mass is 16.3. The fourth-order valence-electron chi connectivity index (χ4n) is 1.92. The summed E-state index contributed by atoms with van der Waals surface area (Å²) < 4.78 is 6.90. The van der Waals surface area contributed by atoms with E-state index in [1.165, 1.54) is 0 Å². The fourth-order valence-corrected chi connectivity index (χ4v) is 1.92. The zero-order chi connectivity index (χ0) is 14.7. The minimum Gasteiger partial charge on any atom is -0.469 e. The van der Waals surface area contributed by atoms with Crippen molar-refractivity contribution in [2.75, 3.05) is 12.4 Å². The fraction of sp³-hybridized carbons (Fsp3) is 0.429. The molecular formula is C14H20N4O2. The van der Waals surface area contributed by atoms with Crippen LogP contribution in [-0.2, 0) is 20.0 Å². The van der Waals surface area contributed by atoms with E-state index in [1.54, 1.807) is 22.9 Å². The van der Waals surface area contributed by atoms with Crippen LogP contribution in [-0.4, -0.2) is 27.8 Å². The Morgan fingerprint density at radius 2 is 2.30 bits per heavy atom. The van der Waals surface area contributed by atoms with Gasteiger partial charge in [-0.1, -0.05) is 6.92 Å². The Labute approximate surface area is 118 Å². The third-order valence-electron chi connectivity index (χ3n) is 3.25. The number of rotatable bonds is 4. The van der Waals surface area contributed by atoms with Crippen LogP contribution in [0.5, 0.6) is 0 Å². The van der Waals surface area contributed by atoms with Crippen molar-refractivity contribution in [1.29, 1.82) is 0 Å². The summed E-state index contributed by atoms with van der Waals surface area (Å²) in [7, 11) is 3.56. The van der Waals surface area contributed by atoms with E-state index in [0.29, 0.717) is 12.4 Å². The lowest BCUT2D eigenvalue weighted by Crippen LogP contribution is -2.31. The third kappa shape index (κ3) is 3.01. The number of nitrogens with zero attached hydrogens (tertiary/aromatic N) is 3. The molecule has 2 heterocycles. The van der Waals surface area contributed by atoms with E-state index in [0.717, 1.165) is 23.4 Å². The second-order valence-corrected chi connectivity index (χ2v) is 4.79. The van der Waals surface area contributed by atoms with Gasteiger partial charge in [-0.15, -0.1) is 0 Å². The number of hydrogen-bond donors (Lipinski definition) is 1.